The molecule has 2 aromatic rings. The lowest BCUT2D eigenvalue weighted by molar-refractivity contribution is -0.139. The second-order valence-electron chi connectivity index (χ2n) is 7.94. The Balaban J connectivity index is 2.47. The predicted octanol–water partition coefficient (Wildman–Crippen LogP) is 4.27. The van der Waals surface area contributed by atoms with E-state index in [0.29, 0.717) is 34.3 Å². The van der Waals surface area contributed by atoms with Crippen molar-refractivity contribution in [3.05, 3.63) is 63.6 Å². The number of halogens is 2. The van der Waals surface area contributed by atoms with Gasteiger partial charge >= 0.3 is 0 Å². The molecule has 0 aliphatic carbocycles. The number of nitrogens with one attached hydrogen (secondary N) is 1. The molecule has 0 radical (unpaired) electrons. The van der Waals surface area contributed by atoms with Crippen molar-refractivity contribution in [2.45, 2.75) is 46.2 Å². The van der Waals surface area contributed by atoms with Gasteiger partial charge in [-0.3, -0.25) is 13.9 Å². The largest absolute Gasteiger partial charge is 0.354 e. The summed E-state index contributed by atoms with van der Waals surface area (Å²) in [7, 11) is -3.80. The van der Waals surface area contributed by atoms with Gasteiger partial charge in [-0.2, -0.15) is 0 Å². The molecule has 0 spiro atoms. The van der Waals surface area contributed by atoms with E-state index in [1.807, 2.05) is 26.0 Å². The van der Waals surface area contributed by atoms with E-state index in [-0.39, 0.29) is 12.5 Å². The Morgan fingerprint density at radius 2 is 1.65 bits per heavy atom. The third-order valence-electron chi connectivity index (χ3n) is 5.43. The monoisotopic (exact) mass is 527 g/mol. The molecular weight excluding hydrogens is 497 g/mol. The average molecular weight is 529 g/mol. The van der Waals surface area contributed by atoms with Crippen molar-refractivity contribution in [3.8, 4) is 0 Å². The zero-order chi connectivity index (χ0) is 25.5. The van der Waals surface area contributed by atoms with E-state index < -0.39 is 28.5 Å². The molecule has 0 bridgehead atoms. The van der Waals surface area contributed by atoms with Crippen molar-refractivity contribution in [1.29, 1.82) is 0 Å². The lowest BCUT2D eigenvalue weighted by Crippen LogP contribution is -2.51. The molecule has 1 atom stereocenters. The van der Waals surface area contributed by atoms with Crippen molar-refractivity contribution in [3.63, 3.8) is 0 Å². The fourth-order valence-corrected chi connectivity index (χ4v) is 4.88. The molecule has 0 fully saturated rings. The summed E-state index contributed by atoms with van der Waals surface area (Å²) in [5.41, 5.74) is 1.70. The van der Waals surface area contributed by atoms with E-state index in [4.69, 9.17) is 23.2 Å². The van der Waals surface area contributed by atoms with Crippen molar-refractivity contribution < 1.29 is 18.0 Å². The fraction of sp³-hybridized carbons (Fsp3) is 0.417. The van der Waals surface area contributed by atoms with Gasteiger partial charge in [0, 0.05) is 28.7 Å². The zero-order valence-corrected chi connectivity index (χ0v) is 22.2. The summed E-state index contributed by atoms with van der Waals surface area (Å²) < 4.78 is 26.5. The van der Waals surface area contributed by atoms with E-state index >= 15 is 0 Å². The molecule has 34 heavy (non-hydrogen) atoms. The zero-order valence-electron chi connectivity index (χ0n) is 19.8. The molecule has 0 saturated carbocycles. The van der Waals surface area contributed by atoms with Gasteiger partial charge in [-0.25, -0.2) is 8.42 Å². The standard InChI is InChI=1S/C24H31Cl2N3O4S/c1-5-14-27-24(31)17(3)28(15-19-20(25)11-9-12-21(19)26)23(30)16-29(34(4,32)33)22-13-8-7-10-18(22)6-2/h7-13,17H,5-6,14-16H2,1-4H3,(H,27,31)/t17-/m0/s1. The molecule has 7 nitrogen and oxygen atoms in total. The molecule has 0 aliphatic heterocycles. The summed E-state index contributed by atoms with van der Waals surface area (Å²) in [5.74, 6) is -0.898. The molecule has 2 amide bonds. The van der Waals surface area contributed by atoms with Gasteiger partial charge in [-0.15, -0.1) is 0 Å². The van der Waals surface area contributed by atoms with Gasteiger partial charge < -0.3 is 10.2 Å². The van der Waals surface area contributed by atoms with Crippen molar-refractivity contribution in [1.82, 2.24) is 10.2 Å². The van der Waals surface area contributed by atoms with E-state index in [9.17, 15) is 18.0 Å². The van der Waals surface area contributed by atoms with Gasteiger partial charge in [0.25, 0.3) is 0 Å². The van der Waals surface area contributed by atoms with Crippen LogP contribution in [0, 0.1) is 0 Å². The van der Waals surface area contributed by atoms with Crippen molar-refractivity contribution >= 4 is 50.7 Å². The van der Waals surface area contributed by atoms with Crippen LogP contribution < -0.4 is 9.62 Å². The maximum absolute atomic E-state index is 13.6. The van der Waals surface area contributed by atoms with Crippen LogP contribution in [0.4, 0.5) is 5.69 Å². The lowest BCUT2D eigenvalue weighted by atomic mass is 10.1. The minimum Gasteiger partial charge on any atom is -0.354 e. The molecule has 186 valence electrons. The highest BCUT2D eigenvalue weighted by Gasteiger charge is 2.31. The maximum Gasteiger partial charge on any atom is 0.244 e. The van der Waals surface area contributed by atoms with Gasteiger partial charge in [-0.1, -0.05) is 61.3 Å². The second kappa shape index (κ2) is 12.4. The molecule has 0 unspecified atom stereocenters. The van der Waals surface area contributed by atoms with Gasteiger partial charge in [0.15, 0.2) is 0 Å². The Bertz CT molecular complexity index is 1100. The first-order valence-electron chi connectivity index (χ1n) is 11.1. The van der Waals surface area contributed by atoms with E-state index in [1.54, 1.807) is 37.3 Å². The first-order chi connectivity index (χ1) is 16.0. The summed E-state index contributed by atoms with van der Waals surface area (Å²) in [4.78, 5) is 27.6. The highest BCUT2D eigenvalue weighted by molar-refractivity contribution is 7.92. The van der Waals surface area contributed by atoms with Gasteiger partial charge in [0.05, 0.1) is 11.9 Å². The molecule has 10 heteroatoms. The highest BCUT2D eigenvalue weighted by Crippen LogP contribution is 2.28. The van der Waals surface area contributed by atoms with Gasteiger partial charge in [0.2, 0.25) is 21.8 Å². The summed E-state index contributed by atoms with van der Waals surface area (Å²) in [6.07, 6.45) is 2.38. The topological polar surface area (TPSA) is 86.8 Å². The Labute approximate surface area is 212 Å². The number of anilines is 1. The summed E-state index contributed by atoms with van der Waals surface area (Å²) in [6.45, 7) is 5.36. The summed E-state index contributed by atoms with van der Waals surface area (Å²) in [5, 5.41) is 3.48. The van der Waals surface area contributed by atoms with E-state index in [0.717, 1.165) is 22.5 Å². The third-order valence-corrected chi connectivity index (χ3v) is 7.26. The molecule has 0 heterocycles. The summed E-state index contributed by atoms with van der Waals surface area (Å²) >= 11 is 12.7. The van der Waals surface area contributed by atoms with Gasteiger partial charge in [0.1, 0.15) is 12.6 Å². The predicted molar refractivity (Wildman–Crippen MR) is 138 cm³/mol. The normalized spacial score (nSPS) is 12.2. The van der Waals surface area contributed by atoms with E-state index in [1.165, 1.54) is 4.90 Å². The Kier molecular flexibility index (Phi) is 10.2. The molecule has 2 rings (SSSR count). The first-order valence-corrected chi connectivity index (χ1v) is 13.7. The first kappa shape index (κ1) is 28.0. The number of hydrogen-bond acceptors (Lipinski definition) is 4. The highest BCUT2D eigenvalue weighted by atomic mass is 35.5. The number of carbonyl (C=O) groups excluding carboxylic acids is 2. The smallest absolute Gasteiger partial charge is 0.244 e. The molecule has 0 aromatic heterocycles. The number of benzene rings is 2. The van der Waals surface area contributed by atoms with Crippen LogP contribution in [-0.2, 0) is 32.6 Å². The van der Waals surface area contributed by atoms with Gasteiger partial charge in [-0.05, 0) is 43.5 Å². The summed E-state index contributed by atoms with van der Waals surface area (Å²) in [6, 6.07) is 11.1. The lowest BCUT2D eigenvalue weighted by Gasteiger charge is -2.32. The molecule has 1 N–H and O–H groups in total. The molecule has 0 saturated heterocycles. The van der Waals surface area contributed by atoms with Crippen LogP contribution in [0.25, 0.3) is 0 Å². The number of aryl methyl sites for hydroxylation is 1. The van der Waals surface area contributed by atoms with Crippen LogP contribution in [0.3, 0.4) is 0 Å². The average Bonchev–Trinajstić information content (AvgIpc) is 2.79. The molecule has 2 aromatic carbocycles. The van der Waals surface area contributed by atoms with Crippen LogP contribution in [0.5, 0.6) is 0 Å². The number of carbonyl (C=O) groups is 2. The third kappa shape index (κ3) is 7.10. The number of sulfonamides is 1. The number of para-hydroxylation sites is 1. The van der Waals surface area contributed by atoms with Crippen LogP contribution in [0.15, 0.2) is 42.5 Å². The van der Waals surface area contributed by atoms with E-state index in [2.05, 4.69) is 5.32 Å². The minimum absolute atomic E-state index is 0.0505. The fourth-order valence-electron chi connectivity index (χ4n) is 3.48. The Morgan fingerprint density at radius 1 is 1.03 bits per heavy atom. The number of rotatable bonds is 11. The van der Waals surface area contributed by atoms with Crippen molar-refractivity contribution in [2.24, 2.45) is 0 Å². The van der Waals surface area contributed by atoms with Crippen LogP contribution >= 0.6 is 23.2 Å². The Hall–Kier alpha value is -2.29. The molecule has 0 aliphatic rings. The number of hydrogen-bond donors (Lipinski definition) is 1. The quantitative estimate of drug-likeness (QED) is 0.472. The second-order valence-corrected chi connectivity index (χ2v) is 10.7. The Morgan fingerprint density at radius 3 is 2.21 bits per heavy atom. The maximum atomic E-state index is 13.6. The van der Waals surface area contributed by atoms with Crippen LogP contribution in [-0.4, -0.2) is 50.5 Å². The number of amides is 2. The SMILES string of the molecule is CCCNC(=O)[C@H](C)N(Cc1c(Cl)cccc1Cl)C(=O)CN(c1ccccc1CC)S(C)(=O)=O. The molecular formula is C24H31Cl2N3O4S. The van der Waals surface area contributed by atoms with Crippen molar-refractivity contribution in [2.75, 3.05) is 23.7 Å². The van der Waals surface area contributed by atoms with Crippen LogP contribution in [0.2, 0.25) is 10.0 Å². The number of nitrogens with zero attached hydrogens (tertiary/aromatic N) is 2. The minimum atomic E-state index is -3.80. The van der Waals surface area contributed by atoms with Crippen LogP contribution in [0.1, 0.15) is 38.3 Å².